The standard InChI is InChI=1S/C16H17N/c1-17-16-7-3-6-14(11-16)15-9-8-12-4-2-5-13(12)10-15/h3,6-11,17H,2,4-5H2,1H3. The zero-order valence-corrected chi connectivity index (χ0v) is 10.2. The van der Waals surface area contributed by atoms with E-state index in [1.165, 1.54) is 41.6 Å². The fourth-order valence-corrected chi connectivity index (χ4v) is 2.61. The largest absolute Gasteiger partial charge is 0.388 e. The van der Waals surface area contributed by atoms with Crippen molar-refractivity contribution in [3.63, 3.8) is 0 Å². The van der Waals surface area contributed by atoms with Crippen molar-refractivity contribution < 1.29 is 0 Å². The van der Waals surface area contributed by atoms with Gasteiger partial charge in [0.25, 0.3) is 0 Å². The minimum atomic E-state index is 1.17. The summed E-state index contributed by atoms with van der Waals surface area (Å²) >= 11 is 0. The molecule has 1 heteroatoms. The molecule has 1 N–H and O–H groups in total. The molecule has 0 saturated carbocycles. The van der Waals surface area contributed by atoms with Gasteiger partial charge in [-0.3, -0.25) is 0 Å². The molecule has 0 atom stereocenters. The van der Waals surface area contributed by atoms with E-state index in [4.69, 9.17) is 0 Å². The average molecular weight is 223 g/mol. The minimum Gasteiger partial charge on any atom is -0.388 e. The first kappa shape index (κ1) is 10.4. The van der Waals surface area contributed by atoms with Crippen LogP contribution in [0.2, 0.25) is 0 Å². The molecule has 1 nitrogen and oxygen atoms in total. The molecule has 0 radical (unpaired) electrons. The Morgan fingerprint density at radius 2 is 1.71 bits per heavy atom. The molecule has 17 heavy (non-hydrogen) atoms. The Hall–Kier alpha value is -1.76. The van der Waals surface area contributed by atoms with Crippen LogP contribution in [0.15, 0.2) is 42.5 Å². The van der Waals surface area contributed by atoms with Gasteiger partial charge in [-0.25, -0.2) is 0 Å². The molecule has 0 aliphatic heterocycles. The third-order valence-electron chi connectivity index (χ3n) is 3.58. The lowest BCUT2D eigenvalue weighted by atomic mass is 10.0. The van der Waals surface area contributed by atoms with Crippen LogP contribution in [0.4, 0.5) is 5.69 Å². The Kier molecular flexibility index (Phi) is 2.60. The van der Waals surface area contributed by atoms with E-state index < -0.39 is 0 Å². The van der Waals surface area contributed by atoms with E-state index in [0.29, 0.717) is 0 Å². The highest BCUT2D eigenvalue weighted by Gasteiger charge is 2.11. The molecular weight excluding hydrogens is 206 g/mol. The van der Waals surface area contributed by atoms with Gasteiger partial charge in [-0.05, 0) is 53.6 Å². The Morgan fingerprint density at radius 3 is 2.59 bits per heavy atom. The number of benzene rings is 2. The summed E-state index contributed by atoms with van der Waals surface area (Å²) in [6, 6.07) is 15.5. The predicted octanol–water partition coefficient (Wildman–Crippen LogP) is 3.88. The van der Waals surface area contributed by atoms with E-state index in [9.17, 15) is 0 Å². The molecular formula is C16H17N. The summed E-state index contributed by atoms with van der Waals surface area (Å²) in [7, 11) is 1.96. The molecule has 0 heterocycles. The Bertz CT molecular complexity index is 543. The van der Waals surface area contributed by atoms with Crippen molar-refractivity contribution in [1.29, 1.82) is 0 Å². The SMILES string of the molecule is CNc1cccc(-c2ccc3c(c2)CCC3)c1. The van der Waals surface area contributed by atoms with Gasteiger partial charge in [0.05, 0.1) is 0 Å². The Morgan fingerprint density at radius 1 is 0.882 bits per heavy atom. The highest BCUT2D eigenvalue weighted by molar-refractivity contribution is 5.69. The second-order valence-corrected chi connectivity index (χ2v) is 4.67. The van der Waals surface area contributed by atoms with Crippen LogP contribution in [0.3, 0.4) is 0 Å². The molecule has 0 fully saturated rings. The number of anilines is 1. The number of hydrogen-bond acceptors (Lipinski definition) is 1. The first-order valence-corrected chi connectivity index (χ1v) is 6.27. The summed E-state index contributed by atoms with van der Waals surface area (Å²) in [5.74, 6) is 0. The van der Waals surface area contributed by atoms with E-state index in [-0.39, 0.29) is 0 Å². The van der Waals surface area contributed by atoms with E-state index in [0.717, 1.165) is 0 Å². The number of hydrogen-bond donors (Lipinski definition) is 1. The van der Waals surface area contributed by atoms with Crippen molar-refractivity contribution in [2.75, 3.05) is 12.4 Å². The number of aryl methyl sites for hydroxylation is 2. The second kappa shape index (κ2) is 4.25. The molecule has 3 rings (SSSR count). The third-order valence-corrected chi connectivity index (χ3v) is 3.58. The lowest BCUT2D eigenvalue weighted by Crippen LogP contribution is -1.89. The lowest BCUT2D eigenvalue weighted by molar-refractivity contribution is 0.912. The van der Waals surface area contributed by atoms with Gasteiger partial charge < -0.3 is 5.32 Å². The van der Waals surface area contributed by atoms with Gasteiger partial charge in [0.1, 0.15) is 0 Å². The average Bonchev–Trinajstić information content (AvgIpc) is 2.86. The van der Waals surface area contributed by atoms with Crippen LogP contribution < -0.4 is 5.32 Å². The first-order chi connectivity index (χ1) is 8.36. The second-order valence-electron chi connectivity index (χ2n) is 4.67. The van der Waals surface area contributed by atoms with Gasteiger partial charge in [-0.1, -0.05) is 30.3 Å². The summed E-state index contributed by atoms with van der Waals surface area (Å²) in [5.41, 5.74) is 6.88. The maximum Gasteiger partial charge on any atom is 0.0343 e. The topological polar surface area (TPSA) is 12.0 Å². The van der Waals surface area contributed by atoms with Crippen molar-refractivity contribution in [3.8, 4) is 11.1 Å². The quantitative estimate of drug-likeness (QED) is 0.814. The molecule has 1 aliphatic rings. The van der Waals surface area contributed by atoms with Gasteiger partial charge in [-0.2, -0.15) is 0 Å². The van der Waals surface area contributed by atoms with Crippen LogP contribution in [0.5, 0.6) is 0 Å². The van der Waals surface area contributed by atoms with Crippen LogP contribution in [0.25, 0.3) is 11.1 Å². The molecule has 2 aromatic rings. The summed E-state index contributed by atoms with van der Waals surface area (Å²) < 4.78 is 0. The van der Waals surface area contributed by atoms with Crippen molar-refractivity contribution in [3.05, 3.63) is 53.6 Å². The van der Waals surface area contributed by atoms with Crippen molar-refractivity contribution >= 4 is 5.69 Å². The monoisotopic (exact) mass is 223 g/mol. The van der Waals surface area contributed by atoms with E-state index in [1.54, 1.807) is 5.56 Å². The summed E-state index contributed by atoms with van der Waals surface area (Å²) in [4.78, 5) is 0. The molecule has 0 saturated heterocycles. The summed E-state index contributed by atoms with van der Waals surface area (Å²) in [6.07, 6.45) is 3.82. The van der Waals surface area contributed by atoms with E-state index in [2.05, 4.69) is 47.8 Å². The summed E-state index contributed by atoms with van der Waals surface area (Å²) in [5, 5.41) is 3.19. The molecule has 1 aliphatic carbocycles. The van der Waals surface area contributed by atoms with Gasteiger partial charge in [0, 0.05) is 12.7 Å². The van der Waals surface area contributed by atoms with Crippen molar-refractivity contribution in [1.82, 2.24) is 0 Å². The number of nitrogens with one attached hydrogen (secondary N) is 1. The fraction of sp³-hybridized carbons (Fsp3) is 0.250. The van der Waals surface area contributed by atoms with Crippen LogP contribution >= 0.6 is 0 Å². The Labute approximate surface area is 102 Å². The van der Waals surface area contributed by atoms with Crippen LogP contribution in [-0.2, 0) is 12.8 Å². The molecule has 0 spiro atoms. The van der Waals surface area contributed by atoms with E-state index in [1.807, 2.05) is 7.05 Å². The molecule has 2 aromatic carbocycles. The number of rotatable bonds is 2. The molecule has 86 valence electrons. The fourth-order valence-electron chi connectivity index (χ4n) is 2.61. The molecule has 0 aromatic heterocycles. The van der Waals surface area contributed by atoms with Crippen LogP contribution in [0, 0.1) is 0 Å². The molecule has 0 amide bonds. The highest BCUT2D eigenvalue weighted by atomic mass is 14.8. The van der Waals surface area contributed by atoms with Gasteiger partial charge in [0.15, 0.2) is 0 Å². The highest BCUT2D eigenvalue weighted by Crippen LogP contribution is 2.29. The van der Waals surface area contributed by atoms with Crippen LogP contribution in [-0.4, -0.2) is 7.05 Å². The van der Waals surface area contributed by atoms with Gasteiger partial charge in [0.2, 0.25) is 0 Å². The smallest absolute Gasteiger partial charge is 0.0343 e. The van der Waals surface area contributed by atoms with Crippen molar-refractivity contribution in [2.45, 2.75) is 19.3 Å². The van der Waals surface area contributed by atoms with Crippen molar-refractivity contribution in [2.24, 2.45) is 0 Å². The normalized spacial score (nSPS) is 13.5. The van der Waals surface area contributed by atoms with Gasteiger partial charge >= 0.3 is 0 Å². The van der Waals surface area contributed by atoms with Crippen LogP contribution in [0.1, 0.15) is 17.5 Å². The minimum absolute atomic E-state index is 1.17. The zero-order valence-electron chi connectivity index (χ0n) is 10.2. The van der Waals surface area contributed by atoms with Gasteiger partial charge in [-0.15, -0.1) is 0 Å². The maximum absolute atomic E-state index is 3.19. The predicted molar refractivity (Wildman–Crippen MR) is 73.4 cm³/mol. The molecule has 0 bridgehead atoms. The lowest BCUT2D eigenvalue weighted by Gasteiger charge is -2.07. The maximum atomic E-state index is 3.19. The Balaban J connectivity index is 2.03. The number of fused-ring (bicyclic) bond motifs is 1. The first-order valence-electron chi connectivity index (χ1n) is 6.27. The van der Waals surface area contributed by atoms with E-state index >= 15 is 0 Å². The molecule has 0 unspecified atom stereocenters. The third kappa shape index (κ3) is 1.93. The summed E-state index contributed by atoms with van der Waals surface area (Å²) in [6.45, 7) is 0. The zero-order chi connectivity index (χ0) is 11.7.